The molecular weight excluding hydrogens is 368 g/mol. The van der Waals surface area contributed by atoms with Crippen molar-refractivity contribution in [1.82, 2.24) is 9.80 Å². The van der Waals surface area contributed by atoms with E-state index in [2.05, 4.69) is 6.92 Å². The molecule has 2 unspecified atom stereocenters. The first kappa shape index (κ1) is 22.0. The van der Waals surface area contributed by atoms with Crippen molar-refractivity contribution in [2.75, 3.05) is 31.1 Å². The van der Waals surface area contributed by atoms with Gasteiger partial charge in [-0.05, 0) is 46.5 Å². The van der Waals surface area contributed by atoms with E-state index in [1.807, 2.05) is 20.8 Å². The third kappa shape index (κ3) is 6.36. The molecule has 2 fully saturated rings. The largest absolute Gasteiger partial charge is 0.444 e. The van der Waals surface area contributed by atoms with E-state index in [4.69, 9.17) is 4.74 Å². The summed E-state index contributed by atoms with van der Waals surface area (Å²) >= 11 is 0. The Morgan fingerprint density at radius 2 is 1.93 bits per heavy atom. The van der Waals surface area contributed by atoms with Gasteiger partial charge in [-0.25, -0.2) is 13.2 Å². The van der Waals surface area contributed by atoms with E-state index in [1.165, 1.54) is 0 Å². The Kier molecular flexibility index (Phi) is 7.16. The smallest absolute Gasteiger partial charge is 0.410 e. The van der Waals surface area contributed by atoms with Crippen molar-refractivity contribution in [2.45, 2.75) is 71.4 Å². The van der Waals surface area contributed by atoms with Crippen LogP contribution in [0.5, 0.6) is 0 Å². The summed E-state index contributed by atoms with van der Waals surface area (Å²) in [6.45, 7) is 9.04. The summed E-state index contributed by atoms with van der Waals surface area (Å²) in [7, 11) is -3.05. The number of sulfone groups is 1. The highest BCUT2D eigenvalue weighted by Crippen LogP contribution is 2.25. The van der Waals surface area contributed by atoms with E-state index >= 15 is 0 Å². The number of nitrogens with zero attached hydrogens (tertiary/aromatic N) is 2. The first-order valence-electron chi connectivity index (χ1n) is 10.0. The van der Waals surface area contributed by atoms with Crippen molar-refractivity contribution in [3.8, 4) is 0 Å². The van der Waals surface area contributed by atoms with Crippen LogP contribution >= 0.6 is 0 Å². The number of likely N-dealkylation sites (tertiary alicyclic amines) is 1. The van der Waals surface area contributed by atoms with Crippen molar-refractivity contribution in [2.24, 2.45) is 5.92 Å². The van der Waals surface area contributed by atoms with Gasteiger partial charge in [0.15, 0.2) is 9.84 Å². The highest BCUT2D eigenvalue weighted by Gasteiger charge is 2.38. The molecule has 0 saturated carbocycles. The van der Waals surface area contributed by atoms with E-state index in [0.717, 1.165) is 25.7 Å². The summed E-state index contributed by atoms with van der Waals surface area (Å²) in [4.78, 5) is 29.0. The SMILES string of the molecule is CCCCN(C(=O)C1CCCN(C(=O)OC(C)(C)C)C1)C1CCS(=O)(=O)C1. The number of hydrogen-bond acceptors (Lipinski definition) is 5. The summed E-state index contributed by atoms with van der Waals surface area (Å²) in [5.41, 5.74) is -0.570. The van der Waals surface area contributed by atoms with Gasteiger partial charge in [0.25, 0.3) is 0 Å². The first-order chi connectivity index (χ1) is 12.5. The Hall–Kier alpha value is -1.31. The summed E-state index contributed by atoms with van der Waals surface area (Å²) < 4.78 is 29.2. The number of carbonyl (C=O) groups is 2. The number of ether oxygens (including phenoxy) is 1. The molecule has 0 aromatic heterocycles. The van der Waals surface area contributed by atoms with Crippen LogP contribution in [0, 0.1) is 5.92 Å². The van der Waals surface area contributed by atoms with Crippen LogP contribution in [-0.4, -0.2) is 73.0 Å². The fourth-order valence-electron chi connectivity index (χ4n) is 3.73. The van der Waals surface area contributed by atoms with Crippen LogP contribution in [0.3, 0.4) is 0 Å². The molecule has 2 aliphatic heterocycles. The van der Waals surface area contributed by atoms with Crippen LogP contribution in [0.1, 0.15) is 59.8 Å². The molecule has 156 valence electrons. The monoisotopic (exact) mass is 402 g/mol. The molecule has 27 heavy (non-hydrogen) atoms. The Labute approximate surface area is 163 Å². The van der Waals surface area contributed by atoms with Gasteiger partial charge in [0.1, 0.15) is 5.60 Å². The van der Waals surface area contributed by atoms with Crippen LogP contribution in [0.15, 0.2) is 0 Å². The second-order valence-corrected chi connectivity index (χ2v) is 10.9. The van der Waals surface area contributed by atoms with E-state index in [0.29, 0.717) is 26.1 Å². The zero-order valence-electron chi connectivity index (χ0n) is 17.1. The molecule has 0 N–H and O–H groups in total. The van der Waals surface area contributed by atoms with Crippen molar-refractivity contribution in [3.05, 3.63) is 0 Å². The predicted octanol–water partition coefficient (Wildman–Crippen LogP) is 2.45. The lowest BCUT2D eigenvalue weighted by Gasteiger charge is -2.37. The normalized spacial score (nSPS) is 25.3. The number of rotatable bonds is 5. The topological polar surface area (TPSA) is 84.0 Å². The van der Waals surface area contributed by atoms with Gasteiger partial charge < -0.3 is 14.5 Å². The van der Waals surface area contributed by atoms with E-state index in [9.17, 15) is 18.0 Å². The molecule has 0 aromatic carbocycles. The highest BCUT2D eigenvalue weighted by atomic mass is 32.2. The van der Waals surface area contributed by atoms with Crippen molar-refractivity contribution >= 4 is 21.8 Å². The Morgan fingerprint density at radius 1 is 1.22 bits per heavy atom. The molecule has 2 atom stereocenters. The second-order valence-electron chi connectivity index (χ2n) is 8.71. The van der Waals surface area contributed by atoms with Crippen LogP contribution in [0.25, 0.3) is 0 Å². The molecule has 2 amide bonds. The minimum Gasteiger partial charge on any atom is -0.444 e. The van der Waals surface area contributed by atoms with Gasteiger partial charge in [-0.15, -0.1) is 0 Å². The van der Waals surface area contributed by atoms with Crippen LogP contribution in [-0.2, 0) is 19.4 Å². The van der Waals surface area contributed by atoms with Gasteiger partial charge in [0, 0.05) is 25.7 Å². The number of unbranched alkanes of at least 4 members (excludes halogenated alkanes) is 1. The number of piperidine rings is 1. The van der Waals surface area contributed by atoms with Gasteiger partial charge in [0.2, 0.25) is 5.91 Å². The molecular formula is C19H34N2O5S. The molecule has 0 aliphatic carbocycles. The Bertz CT molecular complexity index is 641. The molecule has 2 rings (SSSR count). The van der Waals surface area contributed by atoms with Crippen molar-refractivity contribution in [3.63, 3.8) is 0 Å². The predicted molar refractivity (Wildman–Crippen MR) is 104 cm³/mol. The lowest BCUT2D eigenvalue weighted by molar-refractivity contribution is -0.139. The fraction of sp³-hybridized carbons (Fsp3) is 0.895. The lowest BCUT2D eigenvalue weighted by atomic mass is 9.95. The summed E-state index contributed by atoms with van der Waals surface area (Å²) in [5, 5.41) is 0. The van der Waals surface area contributed by atoms with Gasteiger partial charge in [-0.2, -0.15) is 0 Å². The molecule has 7 nitrogen and oxygen atoms in total. The maximum absolute atomic E-state index is 13.2. The molecule has 0 spiro atoms. The third-order valence-corrected chi connectivity index (χ3v) is 6.86. The minimum atomic E-state index is -3.05. The summed E-state index contributed by atoms with van der Waals surface area (Å²) in [6, 6.07) is -0.231. The maximum atomic E-state index is 13.2. The van der Waals surface area contributed by atoms with Gasteiger partial charge >= 0.3 is 6.09 Å². The standard InChI is InChI=1S/C19H34N2O5S/c1-5-6-11-21(16-9-12-27(24,25)14-16)17(22)15-8-7-10-20(13-15)18(23)26-19(2,3)4/h15-16H,5-14H2,1-4H3. The fourth-order valence-corrected chi connectivity index (χ4v) is 5.46. The highest BCUT2D eigenvalue weighted by molar-refractivity contribution is 7.91. The summed E-state index contributed by atoms with van der Waals surface area (Å²) in [6.07, 6.45) is 3.40. The molecule has 8 heteroatoms. The number of amides is 2. The molecule has 0 aromatic rings. The van der Waals surface area contributed by atoms with Crippen molar-refractivity contribution < 1.29 is 22.7 Å². The van der Waals surface area contributed by atoms with Crippen molar-refractivity contribution in [1.29, 1.82) is 0 Å². The van der Waals surface area contributed by atoms with Crippen LogP contribution in [0.2, 0.25) is 0 Å². The number of hydrogen-bond donors (Lipinski definition) is 0. The van der Waals surface area contributed by atoms with Crippen LogP contribution < -0.4 is 0 Å². The summed E-state index contributed by atoms with van der Waals surface area (Å²) in [5.74, 6) is -0.0852. The minimum absolute atomic E-state index is 0.0150. The Morgan fingerprint density at radius 3 is 2.48 bits per heavy atom. The van der Waals surface area contributed by atoms with Gasteiger partial charge in [-0.1, -0.05) is 13.3 Å². The first-order valence-corrected chi connectivity index (χ1v) is 11.8. The quantitative estimate of drug-likeness (QED) is 0.705. The average molecular weight is 403 g/mol. The molecule has 0 bridgehead atoms. The molecule has 2 aliphatic rings. The number of carbonyl (C=O) groups excluding carboxylic acids is 2. The molecule has 2 heterocycles. The van der Waals surface area contributed by atoms with E-state index in [-0.39, 0.29) is 35.5 Å². The van der Waals surface area contributed by atoms with Crippen LogP contribution in [0.4, 0.5) is 4.79 Å². The lowest BCUT2D eigenvalue weighted by Crippen LogP contribution is -2.50. The second kappa shape index (κ2) is 8.80. The van der Waals surface area contributed by atoms with Gasteiger partial charge in [0.05, 0.1) is 17.4 Å². The van der Waals surface area contributed by atoms with Gasteiger partial charge in [-0.3, -0.25) is 4.79 Å². The maximum Gasteiger partial charge on any atom is 0.410 e. The average Bonchev–Trinajstić information content (AvgIpc) is 2.93. The van der Waals surface area contributed by atoms with E-state index < -0.39 is 15.4 Å². The van der Waals surface area contributed by atoms with E-state index in [1.54, 1.807) is 9.80 Å². The molecule has 2 saturated heterocycles. The molecule has 0 radical (unpaired) electrons. The zero-order valence-corrected chi connectivity index (χ0v) is 17.9. The zero-order chi connectivity index (χ0) is 20.2. The Balaban J connectivity index is 2.06. The third-order valence-electron chi connectivity index (χ3n) is 5.11.